The van der Waals surface area contributed by atoms with Gasteiger partial charge in [0, 0.05) is 16.6 Å². The summed E-state index contributed by atoms with van der Waals surface area (Å²) in [4.78, 5) is 28.5. The molecule has 0 fully saturated rings. The second kappa shape index (κ2) is 11.7. The van der Waals surface area contributed by atoms with Crippen LogP contribution in [0, 0.1) is 0 Å². The molecule has 3 aromatic rings. The van der Waals surface area contributed by atoms with Crippen LogP contribution in [0.3, 0.4) is 0 Å². The van der Waals surface area contributed by atoms with Crippen molar-refractivity contribution in [2.75, 3.05) is 31.8 Å². The number of para-hydroxylation sites is 2. The number of methoxy groups -OCH3 is 1. The number of nitrogens with one attached hydrogen (secondary N) is 2. The zero-order valence-electron chi connectivity index (χ0n) is 20.3. The topological polar surface area (TPSA) is 100 Å². The van der Waals surface area contributed by atoms with Crippen LogP contribution in [-0.2, 0) is 16.1 Å². The Labute approximate surface area is 218 Å². The molecule has 0 saturated heterocycles. The summed E-state index contributed by atoms with van der Waals surface area (Å²) in [6.07, 6.45) is 0.514. The van der Waals surface area contributed by atoms with Crippen molar-refractivity contribution in [1.29, 1.82) is 0 Å². The molecule has 1 heterocycles. The van der Waals surface area contributed by atoms with Crippen molar-refractivity contribution < 1.29 is 24.2 Å². The molecule has 1 aliphatic rings. The van der Waals surface area contributed by atoms with Gasteiger partial charge >= 0.3 is 0 Å². The van der Waals surface area contributed by atoms with Crippen molar-refractivity contribution in [1.82, 2.24) is 10.6 Å². The van der Waals surface area contributed by atoms with Crippen LogP contribution in [0.1, 0.15) is 18.9 Å². The number of nitrogens with zero attached hydrogens (tertiary/aromatic N) is 1. The maximum atomic E-state index is 13.9. The zero-order chi connectivity index (χ0) is 25.7. The third-order valence-corrected chi connectivity index (χ3v) is 6.75. The zero-order valence-corrected chi connectivity index (χ0v) is 21.9. The minimum Gasteiger partial charge on any atom is -0.496 e. The Kier molecular flexibility index (Phi) is 8.45. The Balaban J connectivity index is 1.70. The molecule has 3 N–H and O–H groups in total. The van der Waals surface area contributed by atoms with Crippen LogP contribution in [0.25, 0.3) is 10.8 Å². The van der Waals surface area contributed by atoms with Gasteiger partial charge in [-0.05, 0) is 47.5 Å². The Hall–Kier alpha value is -3.14. The number of anilines is 1. The average molecular weight is 556 g/mol. The number of hydrogen-bond donors (Lipinski definition) is 3. The fourth-order valence-electron chi connectivity index (χ4n) is 4.41. The van der Waals surface area contributed by atoms with E-state index >= 15 is 0 Å². The van der Waals surface area contributed by atoms with Gasteiger partial charge in [0.25, 0.3) is 5.91 Å². The van der Waals surface area contributed by atoms with Crippen LogP contribution in [0.2, 0.25) is 0 Å². The first-order valence-electron chi connectivity index (χ1n) is 11.9. The Bertz CT molecular complexity index is 1250. The highest BCUT2D eigenvalue weighted by molar-refractivity contribution is 9.10. The van der Waals surface area contributed by atoms with E-state index in [0.29, 0.717) is 23.6 Å². The molecule has 190 valence electrons. The number of carbonyl (C=O) groups is 2. The van der Waals surface area contributed by atoms with E-state index in [1.165, 1.54) is 0 Å². The van der Waals surface area contributed by atoms with Crippen molar-refractivity contribution in [2.24, 2.45) is 0 Å². The number of aliphatic hydroxyl groups excluding tert-OH is 1. The first-order valence-corrected chi connectivity index (χ1v) is 12.7. The highest BCUT2D eigenvalue weighted by Crippen LogP contribution is 2.36. The molecule has 0 radical (unpaired) electrons. The van der Waals surface area contributed by atoms with Crippen LogP contribution in [-0.4, -0.2) is 55.9 Å². The predicted octanol–water partition coefficient (Wildman–Crippen LogP) is 3.38. The van der Waals surface area contributed by atoms with E-state index in [1.54, 1.807) is 12.0 Å². The molecule has 1 aliphatic heterocycles. The lowest BCUT2D eigenvalue weighted by Crippen LogP contribution is -2.55. The van der Waals surface area contributed by atoms with Gasteiger partial charge < -0.3 is 30.1 Å². The van der Waals surface area contributed by atoms with Crippen LogP contribution in [0.5, 0.6) is 11.5 Å². The lowest BCUT2D eigenvalue weighted by Gasteiger charge is -2.27. The summed E-state index contributed by atoms with van der Waals surface area (Å²) >= 11 is 3.52. The fraction of sp³-hybridized carbons (Fsp3) is 0.333. The number of aliphatic hydroxyl groups is 1. The maximum absolute atomic E-state index is 13.9. The number of halogens is 1. The Morgan fingerprint density at radius 2 is 2.06 bits per heavy atom. The number of rotatable bonds is 9. The molecule has 0 spiro atoms. The summed E-state index contributed by atoms with van der Waals surface area (Å²) < 4.78 is 12.6. The molecule has 2 unspecified atom stereocenters. The van der Waals surface area contributed by atoms with E-state index < -0.39 is 12.1 Å². The summed E-state index contributed by atoms with van der Waals surface area (Å²) in [6.45, 7) is 2.31. The van der Waals surface area contributed by atoms with Gasteiger partial charge in [0.2, 0.25) is 5.91 Å². The Morgan fingerprint density at radius 3 is 2.81 bits per heavy atom. The minimum absolute atomic E-state index is 0.00808. The van der Waals surface area contributed by atoms with Gasteiger partial charge in [-0.25, -0.2) is 0 Å². The van der Waals surface area contributed by atoms with E-state index in [9.17, 15) is 9.59 Å². The van der Waals surface area contributed by atoms with Crippen molar-refractivity contribution >= 4 is 44.2 Å². The SMILES string of the molecule is CCC(NCCO)C(=O)NC1COc2ccccc2N(Cc2c(OC)ccc3cc(Br)ccc23)C1=O. The van der Waals surface area contributed by atoms with Gasteiger partial charge in [-0.2, -0.15) is 0 Å². The molecular formula is C27H30BrN3O5. The van der Waals surface area contributed by atoms with Crippen molar-refractivity contribution in [2.45, 2.75) is 32.0 Å². The minimum atomic E-state index is -0.884. The van der Waals surface area contributed by atoms with Gasteiger partial charge in [-0.3, -0.25) is 9.59 Å². The molecule has 0 aromatic heterocycles. The molecule has 2 atom stereocenters. The van der Waals surface area contributed by atoms with Crippen LogP contribution < -0.4 is 25.0 Å². The fourth-order valence-corrected chi connectivity index (χ4v) is 4.79. The van der Waals surface area contributed by atoms with Gasteiger partial charge in [0.15, 0.2) is 0 Å². The second-order valence-electron chi connectivity index (χ2n) is 8.51. The highest BCUT2D eigenvalue weighted by Gasteiger charge is 2.34. The molecule has 0 saturated carbocycles. The van der Waals surface area contributed by atoms with Crippen molar-refractivity contribution in [3.05, 3.63) is 64.6 Å². The first-order chi connectivity index (χ1) is 17.5. The van der Waals surface area contributed by atoms with Crippen molar-refractivity contribution in [3.63, 3.8) is 0 Å². The standard InChI is InChI=1S/C27H30BrN3O5/c1-3-21(29-12-13-32)26(33)30-22-16-36-25-7-5-4-6-23(25)31(27(22)34)15-20-19-10-9-18(28)14-17(19)8-11-24(20)35-2/h4-11,14,21-22,29,32H,3,12-13,15-16H2,1-2H3,(H,30,33). The predicted molar refractivity (Wildman–Crippen MR) is 142 cm³/mol. The molecule has 0 bridgehead atoms. The van der Waals surface area contributed by atoms with E-state index in [2.05, 4.69) is 26.6 Å². The number of benzene rings is 3. The lowest BCUT2D eigenvalue weighted by molar-refractivity contribution is -0.129. The number of amides is 2. The molecule has 36 heavy (non-hydrogen) atoms. The molecule has 4 rings (SSSR count). The summed E-state index contributed by atoms with van der Waals surface area (Å²) in [7, 11) is 1.61. The molecule has 9 heteroatoms. The number of fused-ring (bicyclic) bond motifs is 2. The largest absolute Gasteiger partial charge is 0.496 e. The first kappa shape index (κ1) is 25.9. The van der Waals surface area contributed by atoms with E-state index in [0.717, 1.165) is 20.8 Å². The van der Waals surface area contributed by atoms with E-state index in [4.69, 9.17) is 14.6 Å². The summed E-state index contributed by atoms with van der Waals surface area (Å²) in [5.41, 5.74) is 1.48. The monoisotopic (exact) mass is 555 g/mol. The highest BCUT2D eigenvalue weighted by atomic mass is 79.9. The molecular weight excluding hydrogens is 526 g/mol. The normalized spacial score (nSPS) is 16.2. The van der Waals surface area contributed by atoms with E-state index in [-0.39, 0.29) is 38.1 Å². The summed E-state index contributed by atoms with van der Waals surface area (Å²) in [5, 5.41) is 16.9. The van der Waals surface area contributed by atoms with E-state index in [1.807, 2.05) is 61.5 Å². The van der Waals surface area contributed by atoms with Gasteiger partial charge in [-0.15, -0.1) is 0 Å². The molecule has 8 nitrogen and oxygen atoms in total. The average Bonchev–Trinajstić information content (AvgIpc) is 3.01. The summed E-state index contributed by atoms with van der Waals surface area (Å²) in [5.74, 6) is 0.642. The van der Waals surface area contributed by atoms with Crippen LogP contribution >= 0.6 is 15.9 Å². The Morgan fingerprint density at radius 1 is 1.25 bits per heavy atom. The van der Waals surface area contributed by atoms with Gasteiger partial charge in [0.05, 0.1) is 32.0 Å². The van der Waals surface area contributed by atoms with Gasteiger partial charge in [0.1, 0.15) is 24.1 Å². The second-order valence-corrected chi connectivity index (χ2v) is 9.43. The smallest absolute Gasteiger partial charge is 0.253 e. The molecule has 3 aromatic carbocycles. The van der Waals surface area contributed by atoms with Crippen LogP contribution in [0.15, 0.2) is 59.1 Å². The summed E-state index contributed by atoms with van der Waals surface area (Å²) in [6, 6.07) is 15.8. The lowest BCUT2D eigenvalue weighted by atomic mass is 10.0. The third-order valence-electron chi connectivity index (χ3n) is 6.26. The number of hydrogen-bond acceptors (Lipinski definition) is 6. The maximum Gasteiger partial charge on any atom is 0.253 e. The number of ether oxygens (including phenoxy) is 2. The quantitative estimate of drug-likeness (QED) is 0.374. The van der Waals surface area contributed by atoms with Gasteiger partial charge in [-0.1, -0.05) is 47.1 Å². The molecule has 2 amide bonds. The van der Waals surface area contributed by atoms with Crippen LogP contribution in [0.4, 0.5) is 5.69 Å². The van der Waals surface area contributed by atoms with Crippen molar-refractivity contribution in [3.8, 4) is 11.5 Å². The third kappa shape index (κ3) is 5.48. The molecule has 0 aliphatic carbocycles. The number of carbonyl (C=O) groups excluding carboxylic acids is 2.